The van der Waals surface area contributed by atoms with E-state index in [1.54, 1.807) is 0 Å². The van der Waals surface area contributed by atoms with Crippen LogP contribution in [-0.2, 0) is 29.5 Å². The fourth-order valence-electron chi connectivity index (χ4n) is 7.97. The molecule has 4 rings (SSSR count). The number of hydrogen-bond acceptors (Lipinski definition) is 6. The molecule has 2 aliphatic carbocycles. The molecule has 0 N–H and O–H groups in total. The van der Waals surface area contributed by atoms with Gasteiger partial charge in [0.25, 0.3) is 0 Å². The van der Waals surface area contributed by atoms with Gasteiger partial charge in [-0.05, 0) is 99.3 Å². The van der Waals surface area contributed by atoms with Crippen LogP contribution in [-0.4, -0.2) is 57.4 Å². The van der Waals surface area contributed by atoms with Crippen molar-refractivity contribution in [1.82, 2.24) is 10.1 Å². The molecule has 8 nitrogen and oxygen atoms in total. The molecule has 0 aromatic carbocycles. The zero-order valence-electron chi connectivity index (χ0n) is 23.9. The fraction of sp³-hybridized carbons (Fsp3) is 0.862. The molecule has 1 saturated carbocycles. The standard InChI is InChI=1S/C29H46N2O6/c1-26(2)12-20(13-27(3,4)30(26)34)24(32)36-16-22-18-9-10-19(11-18)23(22)17-37-25(33)21-14-28(5,6)31(35)29(7,8)15-21/h9-10,18-23H,11-17H2,1-8H3/t18-,19+,22+,23-. The van der Waals surface area contributed by atoms with E-state index < -0.39 is 22.2 Å². The Bertz CT molecular complexity index is 817. The lowest BCUT2D eigenvalue weighted by Gasteiger charge is -2.49. The molecule has 2 saturated heterocycles. The molecule has 208 valence electrons. The number of esters is 2. The third kappa shape index (κ3) is 5.49. The minimum atomic E-state index is -0.622. The summed E-state index contributed by atoms with van der Waals surface area (Å²) in [5.74, 6) is -0.207. The Hall–Kier alpha value is -1.48. The molecule has 4 atom stereocenters. The minimum Gasteiger partial charge on any atom is -0.465 e. The number of hydrogen-bond donors (Lipinski definition) is 0. The van der Waals surface area contributed by atoms with E-state index in [2.05, 4.69) is 12.2 Å². The maximum atomic E-state index is 13.1. The number of carbonyl (C=O) groups is 2. The van der Waals surface area contributed by atoms with Crippen molar-refractivity contribution < 1.29 is 29.5 Å². The third-order valence-corrected chi connectivity index (χ3v) is 9.49. The molecule has 37 heavy (non-hydrogen) atoms. The molecular weight excluding hydrogens is 472 g/mol. The summed E-state index contributed by atoms with van der Waals surface area (Å²) in [5, 5.41) is 27.6. The molecule has 0 aromatic rings. The smallest absolute Gasteiger partial charge is 0.309 e. The van der Waals surface area contributed by atoms with Crippen LogP contribution in [0.3, 0.4) is 0 Å². The van der Waals surface area contributed by atoms with E-state index in [-0.39, 0.29) is 35.6 Å². The number of carbonyl (C=O) groups excluding carboxylic acids is 2. The second-order valence-corrected chi connectivity index (χ2v) is 14.6. The van der Waals surface area contributed by atoms with Gasteiger partial charge in [-0.2, -0.15) is 0 Å². The molecule has 2 heterocycles. The SMILES string of the molecule is CC1(C)CC(C(=O)OC[C@@H]2[C@H](COC(=O)C3CC(C)(C)N([O])C(C)(C)C3)[C@H]3C=C[C@@H]2C3)CC(C)(C)N1[O]. The summed E-state index contributed by atoms with van der Waals surface area (Å²) in [7, 11) is 0. The first-order valence-corrected chi connectivity index (χ1v) is 13.9. The lowest BCUT2D eigenvalue weighted by atomic mass is 9.75. The first-order valence-electron chi connectivity index (χ1n) is 13.9. The van der Waals surface area contributed by atoms with Crippen molar-refractivity contribution in [3.05, 3.63) is 12.2 Å². The van der Waals surface area contributed by atoms with Gasteiger partial charge in [-0.3, -0.25) is 9.59 Å². The molecule has 0 unspecified atom stereocenters. The number of allylic oxidation sites excluding steroid dienone is 2. The highest BCUT2D eigenvalue weighted by Gasteiger charge is 2.51. The Morgan fingerprint density at radius 1 is 0.649 bits per heavy atom. The average Bonchev–Trinajstić information content (AvgIpc) is 3.38. The van der Waals surface area contributed by atoms with Gasteiger partial charge in [0.15, 0.2) is 0 Å². The monoisotopic (exact) mass is 518 g/mol. The predicted octanol–water partition coefficient (Wildman–Crippen LogP) is 4.74. The Balaban J connectivity index is 1.34. The van der Waals surface area contributed by atoms with Crippen molar-refractivity contribution in [2.45, 2.75) is 110 Å². The molecule has 2 aliphatic heterocycles. The van der Waals surface area contributed by atoms with Crippen LogP contribution in [0.1, 0.15) is 87.5 Å². The van der Waals surface area contributed by atoms with Gasteiger partial charge in [0.1, 0.15) is 0 Å². The first-order chi connectivity index (χ1) is 16.9. The summed E-state index contributed by atoms with van der Waals surface area (Å²) in [4.78, 5) is 26.2. The molecular formula is C29H46N2O6. The number of ether oxygens (including phenoxy) is 2. The second kappa shape index (κ2) is 9.61. The molecule has 8 heteroatoms. The third-order valence-electron chi connectivity index (χ3n) is 9.49. The Labute approximate surface area is 222 Å². The lowest BCUT2D eigenvalue weighted by molar-refractivity contribution is -0.293. The number of hydroxylamine groups is 4. The highest BCUT2D eigenvalue weighted by Crippen LogP contribution is 2.49. The molecule has 0 aromatic heterocycles. The zero-order chi connectivity index (χ0) is 27.6. The molecule has 3 fully saturated rings. The van der Waals surface area contributed by atoms with Crippen LogP contribution in [0.5, 0.6) is 0 Å². The van der Waals surface area contributed by atoms with E-state index in [0.717, 1.165) is 16.5 Å². The van der Waals surface area contributed by atoms with Gasteiger partial charge >= 0.3 is 11.9 Å². The Kier molecular flexibility index (Phi) is 7.41. The summed E-state index contributed by atoms with van der Waals surface area (Å²) in [6, 6.07) is 0. The van der Waals surface area contributed by atoms with Gasteiger partial charge in [-0.25, -0.2) is 0 Å². The van der Waals surface area contributed by atoms with E-state index in [0.29, 0.717) is 50.7 Å². The van der Waals surface area contributed by atoms with Gasteiger partial charge in [-0.15, -0.1) is 20.5 Å². The van der Waals surface area contributed by atoms with Crippen LogP contribution in [0.4, 0.5) is 0 Å². The molecule has 0 spiro atoms. The number of nitrogens with zero attached hydrogens (tertiary/aromatic N) is 2. The van der Waals surface area contributed by atoms with Gasteiger partial charge in [0.05, 0.1) is 25.0 Å². The van der Waals surface area contributed by atoms with Crippen LogP contribution in [0.2, 0.25) is 0 Å². The largest absolute Gasteiger partial charge is 0.465 e. The van der Waals surface area contributed by atoms with Crippen LogP contribution >= 0.6 is 0 Å². The van der Waals surface area contributed by atoms with E-state index >= 15 is 0 Å². The maximum absolute atomic E-state index is 13.1. The van der Waals surface area contributed by atoms with Crippen molar-refractivity contribution in [3.63, 3.8) is 0 Å². The van der Waals surface area contributed by atoms with Crippen molar-refractivity contribution >= 4 is 11.9 Å². The van der Waals surface area contributed by atoms with Crippen LogP contribution in [0, 0.1) is 35.5 Å². The topological polar surface area (TPSA) is 98.9 Å². The fourth-order valence-corrected chi connectivity index (χ4v) is 7.97. The first kappa shape index (κ1) is 28.5. The molecule has 4 aliphatic rings. The Morgan fingerprint density at radius 3 is 1.24 bits per heavy atom. The van der Waals surface area contributed by atoms with Crippen molar-refractivity contribution in [3.8, 4) is 0 Å². The van der Waals surface area contributed by atoms with Crippen molar-refractivity contribution in [2.75, 3.05) is 13.2 Å². The van der Waals surface area contributed by atoms with E-state index in [1.807, 2.05) is 55.4 Å². The normalized spacial score (nSPS) is 35.0. The van der Waals surface area contributed by atoms with Crippen molar-refractivity contribution in [2.24, 2.45) is 35.5 Å². The Morgan fingerprint density at radius 2 is 0.946 bits per heavy atom. The summed E-state index contributed by atoms with van der Waals surface area (Å²) >= 11 is 0. The van der Waals surface area contributed by atoms with E-state index in [9.17, 15) is 20.0 Å². The summed E-state index contributed by atoms with van der Waals surface area (Å²) in [6.07, 6.45) is 7.32. The number of rotatable bonds is 6. The predicted molar refractivity (Wildman–Crippen MR) is 136 cm³/mol. The summed E-state index contributed by atoms with van der Waals surface area (Å²) < 4.78 is 11.8. The summed E-state index contributed by atoms with van der Waals surface area (Å²) in [5.41, 5.74) is -2.49. The molecule has 2 bridgehead atoms. The van der Waals surface area contributed by atoms with Crippen LogP contribution in [0.25, 0.3) is 0 Å². The van der Waals surface area contributed by atoms with Crippen LogP contribution < -0.4 is 0 Å². The number of piperidine rings is 2. The minimum absolute atomic E-state index is 0.115. The highest BCUT2D eigenvalue weighted by atomic mass is 16.5. The summed E-state index contributed by atoms with van der Waals surface area (Å²) in [6.45, 7) is 15.7. The quantitative estimate of drug-likeness (QED) is 0.372. The van der Waals surface area contributed by atoms with E-state index in [1.165, 1.54) is 0 Å². The highest BCUT2D eigenvalue weighted by molar-refractivity contribution is 5.73. The maximum Gasteiger partial charge on any atom is 0.309 e. The number of fused-ring (bicyclic) bond motifs is 2. The van der Waals surface area contributed by atoms with Gasteiger partial charge < -0.3 is 9.47 Å². The van der Waals surface area contributed by atoms with Gasteiger partial charge in [0.2, 0.25) is 0 Å². The second-order valence-electron chi connectivity index (χ2n) is 14.6. The lowest BCUT2D eigenvalue weighted by Crippen LogP contribution is -2.59. The molecule has 2 radical (unpaired) electrons. The van der Waals surface area contributed by atoms with E-state index in [4.69, 9.17) is 9.47 Å². The van der Waals surface area contributed by atoms with Gasteiger partial charge in [0, 0.05) is 34.0 Å². The van der Waals surface area contributed by atoms with Crippen molar-refractivity contribution in [1.29, 1.82) is 0 Å². The van der Waals surface area contributed by atoms with Gasteiger partial charge in [-0.1, -0.05) is 12.2 Å². The van der Waals surface area contributed by atoms with Crippen LogP contribution in [0.15, 0.2) is 12.2 Å². The average molecular weight is 519 g/mol. The molecule has 0 amide bonds. The zero-order valence-corrected chi connectivity index (χ0v) is 23.9.